The van der Waals surface area contributed by atoms with E-state index in [1.54, 1.807) is 0 Å². The van der Waals surface area contributed by atoms with E-state index in [1.807, 2.05) is 0 Å². The summed E-state index contributed by atoms with van der Waals surface area (Å²) in [5, 5.41) is 0. The minimum atomic E-state index is -0.243. The quantitative estimate of drug-likeness (QED) is 0.250. The number of hydrogen-bond donors (Lipinski definition) is 0. The van der Waals surface area contributed by atoms with Crippen molar-refractivity contribution in [3.8, 4) is 0 Å². The van der Waals surface area contributed by atoms with Gasteiger partial charge in [0.05, 0.1) is 6.61 Å². The van der Waals surface area contributed by atoms with Gasteiger partial charge in [-0.05, 0) is 76.7 Å². The summed E-state index contributed by atoms with van der Waals surface area (Å²) in [6.45, 7) is 22.6. The monoisotopic (exact) mass is 422 g/mol. The van der Waals surface area contributed by atoms with Crippen LogP contribution in [0.3, 0.4) is 0 Å². The van der Waals surface area contributed by atoms with Crippen LogP contribution in [-0.4, -0.2) is 25.2 Å². The largest absolute Gasteiger partial charge is 0.466 e. The lowest BCUT2D eigenvalue weighted by molar-refractivity contribution is -0.142. The predicted molar refractivity (Wildman–Crippen MR) is 127 cm³/mol. The van der Waals surface area contributed by atoms with Crippen molar-refractivity contribution >= 4 is 11.9 Å². The first kappa shape index (κ1) is 30.4. The molecule has 0 rings (SSSR count). The van der Waals surface area contributed by atoms with E-state index in [2.05, 4.69) is 67.2 Å². The Kier molecular flexibility index (Phi) is 18.2. The van der Waals surface area contributed by atoms with E-state index in [9.17, 15) is 9.59 Å². The normalized spacial score (nSPS) is 13.0. The van der Waals surface area contributed by atoms with E-state index in [-0.39, 0.29) is 11.9 Å². The van der Waals surface area contributed by atoms with Crippen LogP contribution in [0.5, 0.6) is 0 Å². The molecule has 0 bridgehead atoms. The Balaban J connectivity index is 0. The van der Waals surface area contributed by atoms with Crippen molar-refractivity contribution < 1.29 is 19.1 Å². The third-order valence-corrected chi connectivity index (χ3v) is 5.01. The Morgan fingerprint density at radius 1 is 0.767 bits per heavy atom. The summed E-state index contributed by atoms with van der Waals surface area (Å²) in [7, 11) is 0. The van der Waals surface area contributed by atoms with Crippen LogP contribution in [0, 0.1) is 17.8 Å². The van der Waals surface area contributed by atoms with Gasteiger partial charge in [-0.2, -0.15) is 0 Å². The molecule has 0 amide bonds. The zero-order chi connectivity index (χ0) is 23.7. The molecule has 4 heteroatoms. The second kappa shape index (κ2) is 18.0. The van der Waals surface area contributed by atoms with E-state index in [0.717, 1.165) is 31.3 Å². The molecular weight excluding hydrogens is 376 g/mol. The topological polar surface area (TPSA) is 52.6 Å². The summed E-state index contributed by atoms with van der Waals surface area (Å²) in [5.74, 6) is 1.02. The van der Waals surface area contributed by atoms with Crippen LogP contribution in [0.1, 0.15) is 88.0 Å². The van der Waals surface area contributed by atoms with Crippen LogP contribution < -0.4 is 0 Å². The van der Waals surface area contributed by atoms with Gasteiger partial charge < -0.3 is 9.47 Å². The molecule has 0 aromatic carbocycles. The van der Waals surface area contributed by atoms with Crippen molar-refractivity contribution in [1.29, 1.82) is 0 Å². The number of ether oxygens (including phenoxy) is 2. The molecule has 3 unspecified atom stereocenters. The predicted octanol–water partition coefficient (Wildman–Crippen LogP) is 7.06. The van der Waals surface area contributed by atoms with Gasteiger partial charge in [-0.3, -0.25) is 9.59 Å². The maximum absolute atomic E-state index is 10.6. The highest BCUT2D eigenvalue weighted by molar-refractivity contribution is 5.66. The number of rotatable bonds is 12. The number of carbonyl (C=O) groups excluding carboxylic acids is 2. The molecule has 0 aromatic heterocycles. The molecule has 174 valence electrons. The lowest BCUT2D eigenvalue weighted by Crippen LogP contribution is -2.16. The minimum Gasteiger partial charge on any atom is -0.466 e. The van der Waals surface area contributed by atoms with Gasteiger partial charge in [-0.15, -0.1) is 0 Å². The standard InChI is InChI=1S/C13H24O2.C13H22O2/c2*1-10(2)7-6-8-11(3)12(4)9-15-13(5)14/h7,11-12H,6,8-9H2,1-5H3;7,11H,4,6,8-9H2,1-3,5H3. The highest BCUT2D eigenvalue weighted by Gasteiger charge is 2.12. The highest BCUT2D eigenvalue weighted by Crippen LogP contribution is 2.18. The SMILES string of the molecule is C=C(COC(C)=O)C(C)CCC=C(C)C.CC(=O)OCC(C)C(C)CCC=C(C)C. The fraction of sp³-hybridized carbons (Fsp3) is 0.692. The summed E-state index contributed by atoms with van der Waals surface area (Å²) in [5.41, 5.74) is 3.70. The lowest BCUT2D eigenvalue weighted by Gasteiger charge is -2.18. The van der Waals surface area contributed by atoms with E-state index >= 15 is 0 Å². The molecule has 0 saturated carbocycles. The number of esters is 2. The van der Waals surface area contributed by atoms with Gasteiger partial charge in [0, 0.05) is 13.8 Å². The van der Waals surface area contributed by atoms with Crippen molar-refractivity contribution in [2.75, 3.05) is 13.2 Å². The third kappa shape index (κ3) is 20.9. The van der Waals surface area contributed by atoms with Gasteiger partial charge in [-0.1, -0.05) is 50.6 Å². The zero-order valence-corrected chi connectivity index (χ0v) is 21.0. The molecule has 0 heterocycles. The van der Waals surface area contributed by atoms with Crippen LogP contribution >= 0.6 is 0 Å². The second-order valence-electron chi connectivity index (χ2n) is 8.81. The smallest absolute Gasteiger partial charge is 0.302 e. The summed E-state index contributed by atoms with van der Waals surface area (Å²) >= 11 is 0. The maximum Gasteiger partial charge on any atom is 0.302 e. The van der Waals surface area contributed by atoms with E-state index in [1.165, 1.54) is 25.0 Å². The Morgan fingerprint density at radius 3 is 1.67 bits per heavy atom. The molecule has 0 aliphatic carbocycles. The van der Waals surface area contributed by atoms with E-state index < -0.39 is 0 Å². The summed E-state index contributed by atoms with van der Waals surface area (Å²) in [6, 6.07) is 0. The Bertz CT molecular complexity index is 564. The van der Waals surface area contributed by atoms with Crippen LogP contribution in [-0.2, 0) is 19.1 Å². The minimum absolute atomic E-state index is 0.182. The summed E-state index contributed by atoms with van der Waals surface area (Å²) < 4.78 is 9.90. The average molecular weight is 423 g/mol. The van der Waals surface area contributed by atoms with Gasteiger partial charge in [0.2, 0.25) is 0 Å². The molecule has 0 aromatic rings. The van der Waals surface area contributed by atoms with Crippen molar-refractivity contribution in [2.45, 2.75) is 88.0 Å². The molecule has 0 fully saturated rings. The molecule has 0 aliphatic heterocycles. The van der Waals surface area contributed by atoms with Crippen LogP contribution in [0.15, 0.2) is 35.5 Å². The summed E-state index contributed by atoms with van der Waals surface area (Å²) in [4.78, 5) is 21.2. The van der Waals surface area contributed by atoms with Crippen molar-refractivity contribution in [3.63, 3.8) is 0 Å². The molecular formula is C26H46O4. The Labute approximate surface area is 185 Å². The van der Waals surface area contributed by atoms with Crippen molar-refractivity contribution in [3.05, 3.63) is 35.5 Å². The fourth-order valence-corrected chi connectivity index (χ4v) is 2.50. The Morgan fingerprint density at radius 2 is 1.23 bits per heavy atom. The molecule has 0 spiro atoms. The van der Waals surface area contributed by atoms with Gasteiger partial charge in [0.1, 0.15) is 6.61 Å². The first-order valence-electron chi connectivity index (χ1n) is 11.1. The second-order valence-corrected chi connectivity index (χ2v) is 8.81. The van der Waals surface area contributed by atoms with Crippen LogP contribution in [0.25, 0.3) is 0 Å². The van der Waals surface area contributed by atoms with Gasteiger partial charge in [0.25, 0.3) is 0 Å². The molecule has 0 radical (unpaired) electrons. The van der Waals surface area contributed by atoms with Gasteiger partial charge >= 0.3 is 11.9 Å². The first-order valence-corrected chi connectivity index (χ1v) is 11.1. The highest BCUT2D eigenvalue weighted by atomic mass is 16.5. The molecule has 0 saturated heterocycles. The number of hydrogen-bond acceptors (Lipinski definition) is 4. The molecule has 4 nitrogen and oxygen atoms in total. The molecule has 3 atom stereocenters. The first-order chi connectivity index (χ1) is 13.9. The molecule has 0 N–H and O–H groups in total. The van der Waals surface area contributed by atoms with Crippen molar-refractivity contribution in [2.24, 2.45) is 17.8 Å². The Hall–Kier alpha value is -1.84. The van der Waals surface area contributed by atoms with Crippen molar-refractivity contribution in [1.82, 2.24) is 0 Å². The van der Waals surface area contributed by atoms with Gasteiger partial charge in [-0.25, -0.2) is 0 Å². The van der Waals surface area contributed by atoms with E-state index in [0.29, 0.717) is 31.0 Å². The molecule has 30 heavy (non-hydrogen) atoms. The number of allylic oxidation sites excluding steroid dienone is 4. The van der Waals surface area contributed by atoms with Gasteiger partial charge in [0.15, 0.2) is 0 Å². The zero-order valence-electron chi connectivity index (χ0n) is 21.0. The fourth-order valence-electron chi connectivity index (χ4n) is 2.50. The maximum atomic E-state index is 10.6. The summed E-state index contributed by atoms with van der Waals surface area (Å²) in [6.07, 6.45) is 8.88. The number of carbonyl (C=O) groups is 2. The van der Waals surface area contributed by atoms with E-state index in [4.69, 9.17) is 9.47 Å². The molecule has 0 aliphatic rings. The lowest BCUT2D eigenvalue weighted by atomic mass is 9.92. The average Bonchev–Trinajstić information content (AvgIpc) is 2.63. The van der Waals surface area contributed by atoms with Crippen LogP contribution in [0.4, 0.5) is 0 Å². The third-order valence-electron chi connectivity index (χ3n) is 5.01. The van der Waals surface area contributed by atoms with Crippen LogP contribution in [0.2, 0.25) is 0 Å².